The number of piperazine rings is 1. The lowest BCUT2D eigenvalue weighted by atomic mass is 10.1. The molecule has 6 heteroatoms. The van der Waals surface area contributed by atoms with Crippen molar-refractivity contribution in [1.29, 1.82) is 0 Å². The van der Waals surface area contributed by atoms with Crippen molar-refractivity contribution in [1.82, 2.24) is 19.7 Å². The van der Waals surface area contributed by atoms with E-state index in [1.165, 1.54) is 23.0 Å². The first-order valence-electron chi connectivity index (χ1n) is 10.8. The first-order chi connectivity index (χ1) is 15.1. The van der Waals surface area contributed by atoms with Gasteiger partial charge in [0.2, 0.25) is 5.89 Å². The van der Waals surface area contributed by atoms with Crippen LogP contribution >= 0.6 is 0 Å². The van der Waals surface area contributed by atoms with Crippen LogP contribution in [0.2, 0.25) is 0 Å². The zero-order chi connectivity index (χ0) is 21.6. The molecule has 1 aliphatic heterocycles. The van der Waals surface area contributed by atoms with Crippen LogP contribution in [0.15, 0.2) is 65.3 Å². The molecule has 1 aliphatic rings. The highest BCUT2D eigenvalue weighted by Crippen LogP contribution is 2.16. The summed E-state index contributed by atoms with van der Waals surface area (Å²) in [5, 5.41) is 0. The van der Waals surface area contributed by atoms with E-state index in [9.17, 15) is 4.79 Å². The minimum Gasteiger partial charge on any atom is -0.447 e. The number of carbonyl (C=O) groups is 1. The third-order valence-electron chi connectivity index (χ3n) is 5.66. The summed E-state index contributed by atoms with van der Waals surface area (Å²) in [5.41, 5.74) is 4.12. The number of carbonyl (C=O) groups excluding carboxylic acids is 1. The highest BCUT2D eigenvalue weighted by molar-refractivity contribution is 5.92. The number of hydrogen-bond acceptors (Lipinski definition) is 5. The molecule has 6 nitrogen and oxygen atoms in total. The van der Waals surface area contributed by atoms with Crippen LogP contribution in [-0.2, 0) is 19.6 Å². The number of amides is 1. The topological polar surface area (TPSA) is 52.8 Å². The van der Waals surface area contributed by atoms with E-state index < -0.39 is 0 Å². The summed E-state index contributed by atoms with van der Waals surface area (Å²) in [5.74, 6) is 0.525. The van der Waals surface area contributed by atoms with Crippen LogP contribution in [0.5, 0.6) is 0 Å². The van der Waals surface area contributed by atoms with Crippen LogP contribution < -0.4 is 0 Å². The zero-order valence-corrected chi connectivity index (χ0v) is 18.3. The maximum absolute atomic E-state index is 12.8. The highest BCUT2D eigenvalue weighted by Gasteiger charge is 2.23. The lowest BCUT2D eigenvalue weighted by molar-refractivity contribution is 0.0658. The number of rotatable bonds is 7. The molecular weight excluding hydrogens is 388 g/mol. The molecule has 1 aromatic heterocycles. The molecule has 0 radical (unpaired) electrons. The van der Waals surface area contributed by atoms with Gasteiger partial charge in [0.1, 0.15) is 6.26 Å². The third-order valence-corrected chi connectivity index (χ3v) is 5.66. The molecule has 1 fully saturated rings. The minimum absolute atomic E-state index is 0.0450. The molecule has 0 unspecified atom stereocenters. The Hall–Kier alpha value is -2.96. The van der Waals surface area contributed by atoms with E-state index in [-0.39, 0.29) is 5.91 Å². The van der Waals surface area contributed by atoms with E-state index in [1.54, 1.807) is 0 Å². The predicted molar refractivity (Wildman–Crippen MR) is 120 cm³/mol. The first-order valence-corrected chi connectivity index (χ1v) is 10.8. The average Bonchev–Trinajstić information content (AvgIpc) is 3.23. The van der Waals surface area contributed by atoms with E-state index in [0.29, 0.717) is 18.1 Å². The molecule has 0 atom stereocenters. The Balaban J connectivity index is 1.46. The lowest BCUT2D eigenvalue weighted by Gasteiger charge is -2.31. The maximum atomic E-state index is 12.8. The number of nitrogens with zero attached hydrogens (tertiary/aromatic N) is 4. The summed E-state index contributed by atoms with van der Waals surface area (Å²) < 4.78 is 5.72. The van der Waals surface area contributed by atoms with Gasteiger partial charge in [-0.25, -0.2) is 4.98 Å². The number of oxazole rings is 1. The molecule has 0 aliphatic carbocycles. The Bertz CT molecular complexity index is 994. The van der Waals surface area contributed by atoms with Crippen LogP contribution in [0.25, 0.3) is 0 Å². The average molecular weight is 419 g/mol. The van der Waals surface area contributed by atoms with Gasteiger partial charge in [-0.15, -0.1) is 0 Å². The van der Waals surface area contributed by atoms with Gasteiger partial charge in [0.05, 0.1) is 6.54 Å². The van der Waals surface area contributed by atoms with Crippen molar-refractivity contribution in [3.05, 3.63) is 89.1 Å². The predicted octanol–water partition coefficient (Wildman–Crippen LogP) is 3.57. The second kappa shape index (κ2) is 9.90. The molecule has 0 N–H and O–H groups in total. The van der Waals surface area contributed by atoms with Crippen LogP contribution in [0.3, 0.4) is 0 Å². The van der Waals surface area contributed by atoms with Crippen LogP contribution in [0.4, 0.5) is 0 Å². The van der Waals surface area contributed by atoms with Gasteiger partial charge < -0.3 is 14.2 Å². The molecule has 0 spiro atoms. The Labute approximate surface area is 184 Å². The fourth-order valence-corrected chi connectivity index (χ4v) is 3.92. The van der Waals surface area contributed by atoms with Gasteiger partial charge >= 0.3 is 0 Å². The van der Waals surface area contributed by atoms with E-state index in [2.05, 4.69) is 77.3 Å². The summed E-state index contributed by atoms with van der Waals surface area (Å²) in [4.78, 5) is 23.7. The maximum Gasteiger partial charge on any atom is 0.275 e. The van der Waals surface area contributed by atoms with E-state index in [1.807, 2.05) is 11.0 Å². The van der Waals surface area contributed by atoms with E-state index in [4.69, 9.17) is 4.42 Å². The Morgan fingerprint density at radius 1 is 0.968 bits per heavy atom. The second-order valence-corrected chi connectivity index (χ2v) is 8.34. The SMILES string of the molecule is Cc1cccc(CN(Cc2ccccc2)Cc2nc(C(=O)N3CCN(C)CC3)co2)c1. The van der Waals surface area contributed by atoms with Gasteiger partial charge in [0.15, 0.2) is 5.69 Å². The minimum atomic E-state index is -0.0450. The summed E-state index contributed by atoms with van der Waals surface area (Å²) in [6.45, 7) is 7.43. The fraction of sp³-hybridized carbons (Fsp3) is 0.360. The number of aromatic nitrogens is 1. The molecule has 162 valence electrons. The largest absolute Gasteiger partial charge is 0.447 e. The van der Waals surface area contributed by atoms with Crippen molar-refractivity contribution < 1.29 is 9.21 Å². The van der Waals surface area contributed by atoms with E-state index in [0.717, 1.165) is 39.3 Å². The molecule has 4 rings (SSSR count). The van der Waals surface area contributed by atoms with Crippen molar-refractivity contribution in [2.75, 3.05) is 33.2 Å². The summed E-state index contributed by atoms with van der Waals surface area (Å²) in [7, 11) is 2.07. The van der Waals surface area contributed by atoms with Crippen molar-refractivity contribution in [2.24, 2.45) is 0 Å². The first kappa shape index (κ1) is 21.3. The van der Waals surface area contributed by atoms with Gasteiger partial charge in [-0.2, -0.15) is 0 Å². The molecule has 2 aromatic carbocycles. The highest BCUT2D eigenvalue weighted by atomic mass is 16.3. The molecule has 2 heterocycles. The van der Waals surface area contributed by atoms with Crippen LogP contribution in [0.1, 0.15) is 33.1 Å². The number of likely N-dealkylation sites (N-methyl/N-ethyl adjacent to an activating group) is 1. The Morgan fingerprint density at radius 3 is 2.42 bits per heavy atom. The third kappa shape index (κ3) is 5.81. The van der Waals surface area contributed by atoms with Gasteiger partial charge in [-0.1, -0.05) is 60.2 Å². The van der Waals surface area contributed by atoms with Gasteiger partial charge in [0, 0.05) is 39.3 Å². The lowest BCUT2D eigenvalue weighted by Crippen LogP contribution is -2.47. The molecule has 0 bridgehead atoms. The molecule has 1 saturated heterocycles. The quantitative estimate of drug-likeness (QED) is 0.587. The molecule has 31 heavy (non-hydrogen) atoms. The molecule has 3 aromatic rings. The Kier molecular flexibility index (Phi) is 6.79. The van der Waals surface area contributed by atoms with E-state index >= 15 is 0 Å². The van der Waals surface area contributed by atoms with Crippen LogP contribution in [0, 0.1) is 6.92 Å². The van der Waals surface area contributed by atoms with Crippen molar-refractivity contribution >= 4 is 5.91 Å². The van der Waals surface area contributed by atoms with Crippen molar-refractivity contribution in [3.63, 3.8) is 0 Å². The number of hydrogen-bond donors (Lipinski definition) is 0. The summed E-state index contributed by atoms with van der Waals surface area (Å²) >= 11 is 0. The van der Waals surface area contributed by atoms with Gasteiger partial charge in [-0.3, -0.25) is 9.69 Å². The normalized spacial score (nSPS) is 14.9. The van der Waals surface area contributed by atoms with Crippen molar-refractivity contribution in [2.45, 2.75) is 26.6 Å². The smallest absolute Gasteiger partial charge is 0.275 e. The van der Waals surface area contributed by atoms with Crippen LogP contribution in [-0.4, -0.2) is 58.8 Å². The molecular formula is C25H30N4O2. The monoisotopic (exact) mass is 418 g/mol. The summed E-state index contributed by atoms with van der Waals surface area (Å²) in [6.07, 6.45) is 1.50. The number of benzene rings is 2. The Morgan fingerprint density at radius 2 is 1.68 bits per heavy atom. The van der Waals surface area contributed by atoms with Gasteiger partial charge in [-0.05, 0) is 25.1 Å². The number of aryl methyl sites for hydroxylation is 1. The molecule has 0 saturated carbocycles. The fourth-order valence-electron chi connectivity index (χ4n) is 3.92. The zero-order valence-electron chi connectivity index (χ0n) is 18.3. The summed E-state index contributed by atoms with van der Waals surface area (Å²) in [6, 6.07) is 18.9. The standard InChI is InChI=1S/C25H30N4O2/c1-20-7-6-10-22(15-20)17-28(16-21-8-4-3-5-9-21)18-24-26-23(19-31-24)25(30)29-13-11-27(2)12-14-29/h3-10,15,19H,11-14,16-18H2,1-2H3. The van der Waals surface area contributed by atoms with Gasteiger partial charge in [0.25, 0.3) is 5.91 Å². The molecule has 1 amide bonds. The second-order valence-electron chi connectivity index (χ2n) is 8.34. The van der Waals surface area contributed by atoms with Crippen molar-refractivity contribution in [3.8, 4) is 0 Å².